The van der Waals surface area contributed by atoms with Crippen LogP contribution in [0.5, 0.6) is 0 Å². The summed E-state index contributed by atoms with van der Waals surface area (Å²) in [4.78, 5) is 6.53. The van der Waals surface area contributed by atoms with Gasteiger partial charge in [0.1, 0.15) is 5.82 Å². The molecule has 15 heavy (non-hydrogen) atoms. The van der Waals surface area contributed by atoms with E-state index in [9.17, 15) is 0 Å². The third-order valence-corrected chi connectivity index (χ3v) is 3.39. The molecule has 0 aromatic carbocycles. The molecular weight excluding hydrogens is 228 g/mol. The Bertz CT molecular complexity index is 289. The van der Waals surface area contributed by atoms with Gasteiger partial charge in [0.15, 0.2) is 0 Å². The lowest BCUT2D eigenvalue weighted by Gasteiger charge is -2.27. The van der Waals surface area contributed by atoms with Crippen LogP contribution in [0.25, 0.3) is 0 Å². The molecular formula is C11H17ClN2S. The Hall–Kier alpha value is -0.410. The van der Waals surface area contributed by atoms with E-state index < -0.39 is 0 Å². The largest absolute Gasteiger partial charge is 0.356 e. The number of pyridine rings is 1. The van der Waals surface area contributed by atoms with Crippen LogP contribution in [0.2, 0.25) is 5.02 Å². The van der Waals surface area contributed by atoms with Crippen molar-refractivity contribution in [2.24, 2.45) is 0 Å². The maximum absolute atomic E-state index is 5.81. The summed E-state index contributed by atoms with van der Waals surface area (Å²) in [7, 11) is 2.08. The lowest BCUT2D eigenvalue weighted by molar-refractivity contribution is 0.666. The Balaban J connectivity index is 2.73. The van der Waals surface area contributed by atoms with Crippen molar-refractivity contribution in [3.05, 3.63) is 23.4 Å². The molecule has 0 fully saturated rings. The molecule has 0 saturated heterocycles. The standard InChI is InChI=1S/C11H17ClN2S/c1-4-10(8-15-3)14(2)11-6-5-9(12)7-13-11/h5-7,10H,4,8H2,1-3H3. The third-order valence-electron chi connectivity index (χ3n) is 2.45. The highest BCUT2D eigenvalue weighted by molar-refractivity contribution is 7.98. The highest BCUT2D eigenvalue weighted by Gasteiger charge is 2.13. The summed E-state index contributed by atoms with van der Waals surface area (Å²) in [6.45, 7) is 2.20. The third kappa shape index (κ3) is 3.58. The van der Waals surface area contributed by atoms with Crippen molar-refractivity contribution in [2.75, 3.05) is 24.0 Å². The molecule has 1 atom stereocenters. The fraction of sp³-hybridized carbons (Fsp3) is 0.545. The number of aromatic nitrogens is 1. The number of hydrogen-bond donors (Lipinski definition) is 0. The van der Waals surface area contributed by atoms with Crippen LogP contribution in [-0.2, 0) is 0 Å². The maximum atomic E-state index is 5.81. The van der Waals surface area contributed by atoms with E-state index in [0.29, 0.717) is 11.1 Å². The van der Waals surface area contributed by atoms with Crippen LogP contribution in [0.4, 0.5) is 5.82 Å². The van der Waals surface area contributed by atoms with Gasteiger partial charge in [-0.1, -0.05) is 18.5 Å². The maximum Gasteiger partial charge on any atom is 0.128 e. The molecule has 0 aliphatic rings. The molecule has 1 rings (SSSR count). The average Bonchev–Trinajstić information content (AvgIpc) is 2.26. The molecule has 2 nitrogen and oxygen atoms in total. The minimum atomic E-state index is 0.536. The zero-order valence-electron chi connectivity index (χ0n) is 9.40. The van der Waals surface area contributed by atoms with E-state index in [1.165, 1.54) is 0 Å². The first-order valence-corrected chi connectivity index (χ1v) is 6.79. The molecule has 1 aromatic heterocycles. The minimum Gasteiger partial charge on any atom is -0.356 e. The quantitative estimate of drug-likeness (QED) is 0.791. The molecule has 0 bridgehead atoms. The average molecular weight is 245 g/mol. The van der Waals surface area contributed by atoms with E-state index in [1.54, 1.807) is 6.20 Å². The number of thioether (sulfide) groups is 1. The second-order valence-electron chi connectivity index (χ2n) is 3.46. The van der Waals surface area contributed by atoms with Crippen molar-refractivity contribution < 1.29 is 0 Å². The van der Waals surface area contributed by atoms with Gasteiger partial charge in [0, 0.05) is 25.0 Å². The first-order valence-electron chi connectivity index (χ1n) is 5.02. The summed E-state index contributed by atoms with van der Waals surface area (Å²) in [5.74, 6) is 2.11. The topological polar surface area (TPSA) is 16.1 Å². The van der Waals surface area contributed by atoms with E-state index in [1.807, 2.05) is 23.9 Å². The van der Waals surface area contributed by atoms with Gasteiger partial charge in [0.05, 0.1) is 5.02 Å². The fourth-order valence-corrected chi connectivity index (χ4v) is 2.42. The highest BCUT2D eigenvalue weighted by atomic mass is 35.5. The summed E-state index contributed by atoms with van der Waals surface area (Å²) in [6.07, 6.45) is 4.95. The molecule has 4 heteroatoms. The van der Waals surface area contributed by atoms with Gasteiger partial charge in [-0.2, -0.15) is 11.8 Å². The molecule has 1 aromatic rings. The van der Waals surface area contributed by atoms with Gasteiger partial charge in [0.2, 0.25) is 0 Å². The summed E-state index contributed by atoms with van der Waals surface area (Å²) < 4.78 is 0. The Morgan fingerprint density at radius 2 is 2.27 bits per heavy atom. The SMILES string of the molecule is CCC(CSC)N(C)c1ccc(Cl)cn1. The molecule has 0 amide bonds. The first-order chi connectivity index (χ1) is 7.19. The van der Waals surface area contributed by atoms with Gasteiger partial charge in [-0.05, 0) is 24.8 Å². The molecule has 0 aliphatic heterocycles. The zero-order chi connectivity index (χ0) is 11.3. The number of rotatable bonds is 5. The van der Waals surface area contributed by atoms with E-state index in [4.69, 9.17) is 11.6 Å². The molecule has 0 radical (unpaired) electrons. The van der Waals surface area contributed by atoms with Crippen LogP contribution in [0, 0.1) is 0 Å². The van der Waals surface area contributed by atoms with Gasteiger partial charge in [-0.15, -0.1) is 0 Å². The van der Waals surface area contributed by atoms with Crippen LogP contribution >= 0.6 is 23.4 Å². The molecule has 0 saturated carbocycles. The van der Waals surface area contributed by atoms with Crippen LogP contribution < -0.4 is 4.90 Å². The van der Waals surface area contributed by atoms with Crippen molar-refractivity contribution in [3.63, 3.8) is 0 Å². The van der Waals surface area contributed by atoms with Crippen LogP contribution in [0.15, 0.2) is 18.3 Å². The lowest BCUT2D eigenvalue weighted by atomic mass is 10.2. The fourth-order valence-electron chi connectivity index (χ4n) is 1.46. The molecule has 0 N–H and O–H groups in total. The monoisotopic (exact) mass is 244 g/mol. The number of hydrogen-bond acceptors (Lipinski definition) is 3. The minimum absolute atomic E-state index is 0.536. The number of anilines is 1. The normalized spacial score (nSPS) is 12.5. The lowest BCUT2D eigenvalue weighted by Crippen LogP contribution is -2.33. The van der Waals surface area contributed by atoms with Crippen LogP contribution in [-0.4, -0.2) is 30.1 Å². The summed E-state index contributed by atoms with van der Waals surface area (Å²) in [5.41, 5.74) is 0. The van der Waals surface area contributed by atoms with E-state index in [2.05, 4.69) is 30.1 Å². The van der Waals surface area contributed by atoms with Gasteiger partial charge in [-0.3, -0.25) is 0 Å². The van der Waals surface area contributed by atoms with Gasteiger partial charge in [0.25, 0.3) is 0 Å². The summed E-state index contributed by atoms with van der Waals surface area (Å²) >= 11 is 7.67. The Labute approximate surface area is 101 Å². The Morgan fingerprint density at radius 3 is 2.73 bits per heavy atom. The molecule has 0 aliphatic carbocycles. The molecule has 1 heterocycles. The van der Waals surface area contributed by atoms with E-state index >= 15 is 0 Å². The highest BCUT2D eigenvalue weighted by Crippen LogP contribution is 2.18. The first kappa shape index (κ1) is 12.7. The summed E-state index contributed by atoms with van der Waals surface area (Å²) in [6, 6.07) is 4.38. The van der Waals surface area contributed by atoms with Gasteiger partial charge >= 0.3 is 0 Å². The molecule has 1 unspecified atom stereocenters. The molecule has 0 spiro atoms. The Kier molecular flexibility index (Phi) is 5.26. The predicted molar refractivity (Wildman–Crippen MR) is 70.1 cm³/mol. The number of halogens is 1. The molecule has 84 valence electrons. The van der Waals surface area contributed by atoms with Crippen molar-refractivity contribution >= 4 is 29.2 Å². The van der Waals surface area contributed by atoms with Crippen LogP contribution in [0.3, 0.4) is 0 Å². The van der Waals surface area contributed by atoms with Crippen molar-refractivity contribution in [1.29, 1.82) is 0 Å². The van der Waals surface area contributed by atoms with E-state index in [-0.39, 0.29) is 0 Å². The van der Waals surface area contributed by atoms with Crippen molar-refractivity contribution in [2.45, 2.75) is 19.4 Å². The van der Waals surface area contributed by atoms with Crippen LogP contribution in [0.1, 0.15) is 13.3 Å². The summed E-state index contributed by atoms with van der Waals surface area (Å²) in [5, 5.41) is 0.685. The second-order valence-corrected chi connectivity index (χ2v) is 4.81. The Morgan fingerprint density at radius 1 is 1.53 bits per heavy atom. The predicted octanol–water partition coefficient (Wildman–Crippen LogP) is 3.31. The van der Waals surface area contributed by atoms with Crippen molar-refractivity contribution in [3.8, 4) is 0 Å². The van der Waals surface area contributed by atoms with Gasteiger partial charge < -0.3 is 4.90 Å². The van der Waals surface area contributed by atoms with E-state index in [0.717, 1.165) is 18.0 Å². The second kappa shape index (κ2) is 6.23. The zero-order valence-corrected chi connectivity index (χ0v) is 11.0. The van der Waals surface area contributed by atoms with Gasteiger partial charge in [-0.25, -0.2) is 4.98 Å². The number of nitrogens with zero attached hydrogens (tertiary/aromatic N) is 2. The smallest absolute Gasteiger partial charge is 0.128 e. The van der Waals surface area contributed by atoms with Crippen molar-refractivity contribution in [1.82, 2.24) is 4.98 Å².